The predicted octanol–water partition coefficient (Wildman–Crippen LogP) is 4.92. The van der Waals surface area contributed by atoms with E-state index in [1.807, 2.05) is 36.4 Å². The lowest BCUT2D eigenvalue weighted by Gasteiger charge is -2.19. The molecule has 0 radical (unpaired) electrons. The smallest absolute Gasteiger partial charge is 0.192 e. The molecule has 1 aliphatic heterocycles. The van der Waals surface area contributed by atoms with Gasteiger partial charge in [-0.05, 0) is 28.8 Å². The molecular weight excluding hydrogens is 380 g/mol. The number of guanidine groups is 1. The molecule has 1 saturated heterocycles. The maximum atomic E-state index is 13.4. The van der Waals surface area contributed by atoms with E-state index in [0.717, 1.165) is 17.2 Å². The number of nitrogens with one attached hydrogen (secondary N) is 2. The maximum Gasteiger partial charge on any atom is 0.192 e. The third-order valence-corrected chi connectivity index (χ3v) is 4.58. The summed E-state index contributed by atoms with van der Waals surface area (Å²) in [6.07, 6.45) is 0. The van der Waals surface area contributed by atoms with Crippen LogP contribution in [-0.2, 0) is 6.54 Å². The van der Waals surface area contributed by atoms with Crippen molar-refractivity contribution in [3.8, 4) is 0 Å². The van der Waals surface area contributed by atoms with Gasteiger partial charge in [0.05, 0.1) is 18.6 Å². The van der Waals surface area contributed by atoms with E-state index in [2.05, 4.69) is 39.9 Å². The lowest BCUT2D eigenvalue weighted by molar-refractivity contribution is 0.554. The van der Waals surface area contributed by atoms with Crippen molar-refractivity contribution >= 4 is 18.4 Å². The minimum atomic E-state index is -0.595. The number of rotatable bonds is 4. The van der Waals surface area contributed by atoms with E-state index in [-0.39, 0.29) is 31.0 Å². The molecule has 1 heterocycles. The van der Waals surface area contributed by atoms with Crippen molar-refractivity contribution in [2.24, 2.45) is 4.99 Å². The van der Waals surface area contributed by atoms with Crippen molar-refractivity contribution in [1.29, 1.82) is 0 Å². The molecule has 0 bridgehead atoms. The Balaban J connectivity index is 0.00000225. The van der Waals surface area contributed by atoms with Gasteiger partial charge in [-0.25, -0.2) is 13.8 Å². The van der Waals surface area contributed by atoms with Crippen molar-refractivity contribution in [3.63, 3.8) is 0 Å². The summed E-state index contributed by atoms with van der Waals surface area (Å²) in [4.78, 5) is 4.49. The normalized spacial score (nSPS) is 19.6. The molecule has 0 aliphatic carbocycles. The zero-order chi connectivity index (χ0) is 18.6. The molecule has 2 N–H and O–H groups in total. The van der Waals surface area contributed by atoms with Gasteiger partial charge in [-0.15, -0.1) is 12.4 Å². The van der Waals surface area contributed by atoms with Crippen LogP contribution in [0.15, 0.2) is 83.9 Å². The lowest BCUT2D eigenvalue weighted by Crippen LogP contribution is -2.25. The van der Waals surface area contributed by atoms with Crippen LogP contribution in [0.25, 0.3) is 0 Å². The van der Waals surface area contributed by atoms with Crippen molar-refractivity contribution in [3.05, 3.63) is 107 Å². The fraction of sp³-hybridized carbons (Fsp3) is 0.136. The van der Waals surface area contributed by atoms with Crippen LogP contribution >= 0.6 is 12.4 Å². The van der Waals surface area contributed by atoms with Crippen LogP contribution in [0.5, 0.6) is 0 Å². The molecule has 1 fully saturated rings. The van der Waals surface area contributed by atoms with Gasteiger partial charge in [0.15, 0.2) is 5.96 Å². The van der Waals surface area contributed by atoms with E-state index in [1.54, 1.807) is 0 Å². The van der Waals surface area contributed by atoms with Gasteiger partial charge in [-0.2, -0.15) is 0 Å². The summed E-state index contributed by atoms with van der Waals surface area (Å²) in [5.41, 5.74) is 2.77. The van der Waals surface area contributed by atoms with Crippen LogP contribution in [0.4, 0.5) is 8.78 Å². The van der Waals surface area contributed by atoms with Gasteiger partial charge in [0, 0.05) is 6.07 Å². The highest BCUT2D eigenvalue weighted by atomic mass is 35.5. The van der Waals surface area contributed by atoms with E-state index in [9.17, 15) is 8.78 Å². The summed E-state index contributed by atoms with van der Waals surface area (Å²) in [7, 11) is 0. The Hall–Kier alpha value is -2.92. The highest BCUT2D eigenvalue weighted by Crippen LogP contribution is 2.32. The third kappa shape index (κ3) is 4.49. The Bertz CT molecular complexity index is 879. The minimum Gasteiger partial charge on any atom is -0.347 e. The molecule has 0 spiro atoms. The van der Waals surface area contributed by atoms with Crippen LogP contribution in [0.3, 0.4) is 0 Å². The highest BCUT2D eigenvalue weighted by Gasteiger charge is 2.32. The van der Waals surface area contributed by atoms with Crippen LogP contribution < -0.4 is 10.6 Å². The summed E-state index contributed by atoms with van der Waals surface area (Å²) < 4.78 is 26.8. The topological polar surface area (TPSA) is 36.4 Å². The van der Waals surface area contributed by atoms with Gasteiger partial charge in [0.2, 0.25) is 0 Å². The van der Waals surface area contributed by atoms with E-state index < -0.39 is 11.6 Å². The summed E-state index contributed by atoms with van der Waals surface area (Å²) in [6, 6.07) is 23.7. The maximum absolute atomic E-state index is 13.4. The van der Waals surface area contributed by atoms with Gasteiger partial charge in [0.1, 0.15) is 11.6 Å². The van der Waals surface area contributed by atoms with Crippen LogP contribution in [0.2, 0.25) is 0 Å². The van der Waals surface area contributed by atoms with E-state index in [1.165, 1.54) is 12.1 Å². The first-order valence-corrected chi connectivity index (χ1v) is 8.81. The fourth-order valence-corrected chi connectivity index (χ4v) is 3.34. The van der Waals surface area contributed by atoms with Crippen molar-refractivity contribution in [2.45, 2.75) is 18.6 Å². The van der Waals surface area contributed by atoms with Crippen molar-refractivity contribution in [2.75, 3.05) is 0 Å². The van der Waals surface area contributed by atoms with Crippen molar-refractivity contribution in [1.82, 2.24) is 10.6 Å². The molecule has 4 rings (SSSR count). The van der Waals surface area contributed by atoms with E-state index in [4.69, 9.17) is 0 Å². The Morgan fingerprint density at radius 2 is 1.18 bits per heavy atom. The number of aliphatic imine (C=N–C) groups is 1. The number of nitrogens with zero attached hydrogens (tertiary/aromatic N) is 1. The second kappa shape index (κ2) is 8.85. The molecule has 3 aromatic rings. The first-order valence-electron chi connectivity index (χ1n) is 8.81. The van der Waals surface area contributed by atoms with Crippen LogP contribution in [0, 0.1) is 11.6 Å². The monoisotopic (exact) mass is 399 g/mol. The second-order valence-electron chi connectivity index (χ2n) is 6.51. The predicted molar refractivity (Wildman–Crippen MR) is 109 cm³/mol. The van der Waals surface area contributed by atoms with Gasteiger partial charge >= 0.3 is 0 Å². The summed E-state index contributed by atoms with van der Waals surface area (Å²) >= 11 is 0. The lowest BCUT2D eigenvalue weighted by atomic mass is 9.95. The largest absolute Gasteiger partial charge is 0.347 e. The van der Waals surface area contributed by atoms with Crippen LogP contribution in [-0.4, -0.2) is 5.96 Å². The number of hydrogen-bond acceptors (Lipinski definition) is 1. The molecule has 3 aromatic carbocycles. The number of hydrogen-bond donors (Lipinski definition) is 2. The average Bonchev–Trinajstić information content (AvgIpc) is 3.11. The third-order valence-electron chi connectivity index (χ3n) is 4.58. The molecule has 0 amide bonds. The second-order valence-corrected chi connectivity index (χ2v) is 6.51. The molecule has 0 saturated carbocycles. The Morgan fingerprint density at radius 1 is 0.714 bits per heavy atom. The van der Waals surface area contributed by atoms with E-state index >= 15 is 0 Å². The molecule has 1 aliphatic rings. The van der Waals surface area contributed by atoms with Gasteiger partial charge in [-0.1, -0.05) is 60.7 Å². The van der Waals surface area contributed by atoms with Crippen LogP contribution in [0.1, 0.15) is 28.8 Å². The van der Waals surface area contributed by atoms with Gasteiger partial charge in [0.25, 0.3) is 0 Å². The Kier molecular flexibility index (Phi) is 6.26. The number of benzene rings is 3. The Labute approximate surface area is 168 Å². The zero-order valence-corrected chi connectivity index (χ0v) is 15.8. The Morgan fingerprint density at radius 3 is 1.64 bits per heavy atom. The molecule has 2 atom stereocenters. The van der Waals surface area contributed by atoms with Gasteiger partial charge in [-0.3, -0.25) is 0 Å². The van der Waals surface area contributed by atoms with E-state index in [0.29, 0.717) is 11.5 Å². The molecule has 6 heteroatoms. The molecule has 0 aromatic heterocycles. The first kappa shape index (κ1) is 19.8. The fourth-order valence-electron chi connectivity index (χ4n) is 3.34. The van der Waals surface area contributed by atoms with Crippen molar-refractivity contribution < 1.29 is 8.78 Å². The molecular formula is C22H20ClF2N3. The zero-order valence-electron chi connectivity index (χ0n) is 15.0. The quantitative estimate of drug-likeness (QED) is 0.653. The highest BCUT2D eigenvalue weighted by molar-refractivity contribution is 5.85. The standard InChI is InChI=1S/C22H19F2N3.ClH/c23-18-11-15(12-19(24)13-18)14-25-22-26-20(16-7-3-1-4-8-16)21(27-22)17-9-5-2-6-10-17;/h1-13,20-21H,14H2,(H2,25,26,27);1H/t20-,21+;. The first-order chi connectivity index (χ1) is 13.2. The molecule has 3 nitrogen and oxygen atoms in total. The van der Waals surface area contributed by atoms with Gasteiger partial charge < -0.3 is 10.6 Å². The summed E-state index contributed by atoms with van der Waals surface area (Å²) in [5.74, 6) is -0.578. The minimum absolute atomic E-state index is 0. The SMILES string of the molecule is Cl.Fc1cc(F)cc(CN=C2N[C@H](c3ccccc3)[C@H](c3ccccc3)N2)c1. The molecule has 0 unspecified atom stereocenters. The summed E-state index contributed by atoms with van der Waals surface area (Å²) in [5, 5.41) is 6.81. The molecule has 28 heavy (non-hydrogen) atoms. The number of halogens is 3. The summed E-state index contributed by atoms with van der Waals surface area (Å²) in [6.45, 7) is 0.188. The molecule has 144 valence electrons. The average molecular weight is 400 g/mol.